The highest BCUT2D eigenvalue weighted by molar-refractivity contribution is 5.92. The van der Waals surface area contributed by atoms with Crippen molar-refractivity contribution in [3.05, 3.63) is 101 Å². The monoisotopic (exact) mass is 563 g/mol. The Morgan fingerprint density at radius 3 is 2.39 bits per heavy atom. The number of rotatable bonds is 6. The van der Waals surface area contributed by atoms with Crippen LogP contribution in [0.25, 0.3) is 0 Å². The lowest BCUT2D eigenvalue weighted by Crippen LogP contribution is -2.78. The van der Waals surface area contributed by atoms with Crippen LogP contribution in [0.15, 0.2) is 72.8 Å². The van der Waals surface area contributed by atoms with Gasteiger partial charge >= 0.3 is 6.03 Å². The van der Waals surface area contributed by atoms with Crippen LogP contribution in [0.1, 0.15) is 23.6 Å². The molecule has 0 bridgehead atoms. The Labute approximate surface area is 236 Å². The summed E-state index contributed by atoms with van der Waals surface area (Å²) in [5.41, 5.74) is 1.69. The molecule has 0 saturated carbocycles. The van der Waals surface area contributed by atoms with Gasteiger partial charge in [-0.05, 0) is 36.2 Å². The van der Waals surface area contributed by atoms with E-state index in [4.69, 9.17) is 0 Å². The highest BCUT2D eigenvalue weighted by Gasteiger charge is 2.54. The Balaban J connectivity index is 1.51. The molecule has 3 atom stereocenters. The largest absolute Gasteiger partial charge is 0.508 e. The summed E-state index contributed by atoms with van der Waals surface area (Å²) in [6.07, 6.45) is -0.792. The normalized spacial score (nSPS) is 21.2. The van der Waals surface area contributed by atoms with Gasteiger partial charge in [-0.15, -0.1) is 0 Å². The van der Waals surface area contributed by atoms with E-state index in [2.05, 4.69) is 5.32 Å². The molecule has 2 saturated heterocycles. The first kappa shape index (κ1) is 28.0. The van der Waals surface area contributed by atoms with E-state index in [-0.39, 0.29) is 43.3 Å². The van der Waals surface area contributed by atoms with Gasteiger partial charge in [-0.1, -0.05) is 48.5 Å². The first-order valence-corrected chi connectivity index (χ1v) is 13.3. The molecule has 0 radical (unpaired) electrons. The number of fused-ring (bicyclic) bond motifs is 1. The third kappa shape index (κ3) is 5.71. The zero-order chi connectivity index (χ0) is 29.3. The van der Waals surface area contributed by atoms with Crippen molar-refractivity contribution in [2.45, 2.75) is 44.7 Å². The number of benzene rings is 3. The Kier molecular flexibility index (Phi) is 7.89. The van der Waals surface area contributed by atoms with Gasteiger partial charge in [-0.3, -0.25) is 9.59 Å². The smallest absolute Gasteiger partial charge is 0.334 e. The fourth-order valence-corrected chi connectivity index (χ4v) is 5.51. The number of hydrazine groups is 1. The molecule has 2 aliphatic rings. The van der Waals surface area contributed by atoms with Crippen molar-refractivity contribution < 1.29 is 28.3 Å². The first-order chi connectivity index (χ1) is 19.6. The second-order valence-corrected chi connectivity index (χ2v) is 10.3. The molecule has 0 aliphatic carbocycles. The first-order valence-electron chi connectivity index (χ1n) is 13.3. The SMILES string of the molecule is C[C@@H]1[C@H]2N(C(=O)CN(C)N2C(=O)NCc2ccccc2)[C@@H](Cc2ccc(O)cc2)C(=O)N1Cc1ccc(F)cc1F. The van der Waals surface area contributed by atoms with Gasteiger partial charge in [0.05, 0.1) is 12.6 Å². The van der Waals surface area contributed by atoms with Crippen LogP contribution < -0.4 is 5.32 Å². The Morgan fingerprint density at radius 2 is 1.71 bits per heavy atom. The summed E-state index contributed by atoms with van der Waals surface area (Å²) in [6, 6.07) is 16.6. The Morgan fingerprint density at radius 1 is 1.00 bits per heavy atom. The summed E-state index contributed by atoms with van der Waals surface area (Å²) < 4.78 is 28.3. The maximum absolute atomic E-state index is 14.7. The third-order valence-corrected chi connectivity index (χ3v) is 7.60. The number of likely N-dealkylation sites (N-methyl/N-ethyl adjacent to an activating group) is 1. The van der Waals surface area contributed by atoms with E-state index in [9.17, 15) is 28.3 Å². The number of phenols is 1. The second-order valence-electron chi connectivity index (χ2n) is 10.3. The number of nitrogens with zero attached hydrogens (tertiary/aromatic N) is 4. The van der Waals surface area contributed by atoms with Crippen LogP contribution in [0.2, 0.25) is 0 Å². The van der Waals surface area contributed by atoms with Crippen molar-refractivity contribution in [1.82, 2.24) is 25.1 Å². The molecule has 3 aromatic rings. The standard InChI is InChI=1S/C30H31F2N5O4/c1-19-28-36(27(39)18-34(2)37(28)30(41)33-16-21-6-4-3-5-7-21)26(14-20-8-12-24(38)13-9-20)29(40)35(19)17-22-10-11-23(31)15-25(22)32/h3-13,15,19,26,28,38H,14,16-18H2,1-2H3,(H,33,41)/t19-,26+,28+/m1/s1. The van der Waals surface area contributed by atoms with Gasteiger partial charge in [0.2, 0.25) is 11.8 Å². The summed E-state index contributed by atoms with van der Waals surface area (Å²) in [5, 5.41) is 15.6. The van der Waals surface area contributed by atoms with Gasteiger partial charge in [-0.25, -0.2) is 23.6 Å². The lowest BCUT2D eigenvalue weighted by molar-refractivity contribution is -0.196. The topological polar surface area (TPSA) is 96.4 Å². The molecule has 214 valence electrons. The quantitative estimate of drug-likeness (QED) is 0.480. The van der Waals surface area contributed by atoms with Crippen LogP contribution in [-0.2, 0) is 29.1 Å². The average Bonchev–Trinajstić information content (AvgIpc) is 2.94. The summed E-state index contributed by atoms with van der Waals surface area (Å²) in [6.45, 7) is 1.64. The summed E-state index contributed by atoms with van der Waals surface area (Å²) in [5.74, 6) is -2.23. The number of hydrogen-bond acceptors (Lipinski definition) is 5. The minimum absolute atomic E-state index is 0.0561. The number of carbonyl (C=O) groups is 3. The van der Waals surface area contributed by atoms with E-state index in [0.717, 1.165) is 17.7 Å². The van der Waals surface area contributed by atoms with Gasteiger partial charge < -0.3 is 20.2 Å². The van der Waals surface area contributed by atoms with Crippen molar-refractivity contribution >= 4 is 17.8 Å². The van der Waals surface area contributed by atoms with Crippen LogP contribution in [0.5, 0.6) is 5.75 Å². The lowest BCUT2D eigenvalue weighted by atomic mass is 9.95. The zero-order valence-corrected chi connectivity index (χ0v) is 22.7. The number of nitrogens with one attached hydrogen (secondary N) is 1. The number of phenolic OH excluding ortho intramolecular Hbond substituents is 1. The van der Waals surface area contributed by atoms with Crippen LogP contribution in [0.3, 0.4) is 0 Å². The van der Waals surface area contributed by atoms with Crippen molar-refractivity contribution in [2.24, 2.45) is 0 Å². The Hall–Kier alpha value is -4.51. The van der Waals surface area contributed by atoms with E-state index in [1.54, 1.807) is 26.1 Å². The van der Waals surface area contributed by atoms with Gasteiger partial charge in [0.25, 0.3) is 0 Å². The molecule has 2 aliphatic heterocycles. The van der Waals surface area contributed by atoms with E-state index in [0.29, 0.717) is 5.56 Å². The van der Waals surface area contributed by atoms with E-state index >= 15 is 0 Å². The number of halogens is 2. The molecule has 11 heteroatoms. The van der Waals surface area contributed by atoms with Crippen LogP contribution in [-0.4, -0.2) is 74.6 Å². The highest BCUT2D eigenvalue weighted by atomic mass is 19.1. The molecule has 2 N–H and O–H groups in total. The predicted molar refractivity (Wildman–Crippen MR) is 146 cm³/mol. The number of hydrogen-bond donors (Lipinski definition) is 2. The molecule has 9 nitrogen and oxygen atoms in total. The van der Waals surface area contributed by atoms with Crippen molar-refractivity contribution in [3.8, 4) is 5.75 Å². The van der Waals surface area contributed by atoms with Gasteiger partial charge in [-0.2, -0.15) is 0 Å². The molecule has 5 rings (SSSR count). The molecule has 0 unspecified atom stereocenters. The highest BCUT2D eigenvalue weighted by Crippen LogP contribution is 2.33. The van der Waals surface area contributed by atoms with Crippen LogP contribution in [0, 0.1) is 11.6 Å². The van der Waals surface area contributed by atoms with Gasteiger partial charge in [0, 0.05) is 38.2 Å². The number of carbonyl (C=O) groups excluding carboxylic acids is 3. The van der Waals surface area contributed by atoms with Crippen molar-refractivity contribution in [3.63, 3.8) is 0 Å². The maximum atomic E-state index is 14.7. The summed E-state index contributed by atoms with van der Waals surface area (Å²) in [4.78, 5) is 44.0. The van der Waals surface area contributed by atoms with Gasteiger partial charge in [0.15, 0.2) is 0 Å². The fourth-order valence-electron chi connectivity index (χ4n) is 5.51. The molecule has 4 amide bonds. The number of piperazine rings is 1. The van der Waals surface area contributed by atoms with Crippen LogP contribution in [0.4, 0.5) is 13.6 Å². The number of aromatic hydroxyl groups is 1. The maximum Gasteiger partial charge on any atom is 0.334 e. The zero-order valence-electron chi connectivity index (χ0n) is 22.7. The Bertz CT molecular complexity index is 1440. The third-order valence-electron chi connectivity index (χ3n) is 7.60. The van der Waals surface area contributed by atoms with E-state index in [1.807, 2.05) is 30.3 Å². The molecule has 0 spiro atoms. The molecule has 2 heterocycles. The molecular formula is C30H31F2N5O4. The number of urea groups is 1. The van der Waals surface area contributed by atoms with Crippen LogP contribution >= 0.6 is 0 Å². The minimum Gasteiger partial charge on any atom is -0.508 e. The fraction of sp³-hybridized carbons (Fsp3) is 0.300. The van der Waals surface area contributed by atoms with Crippen molar-refractivity contribution in [1.29, 1.82) is 0 Å². The summed E-state index contributed by atoms with van der Waals surface area (Å²) >= 11 is 0. The second kappa shape index (κ2) is 11.5. The predicted octanol–water partition coefficient (Wildman–Crippen LogP) is 3.24. The molecular weight excluding hydrogens is 532 g/mol. The lowest BCUT2D eigenvalue weighted by Gasteiger charge is -2.57. The minimum atomic E-state index is -1.00. The molecule has 0 aromatic heterocycles. The van der Waals surface area contributed by atoms with Crippen molar-refractivity contribution in [2.75, 3.05) is 13.6 Å². The molecule has 3 aromatic carbocycles. The average molecular weight is 564 g/mol. The molecule has 2 fully saturated rings. The molecule has 41 heavy (non-hydrogen) atoms. The summed E-state index contributed by atoms with van der Waals surface area (Å²) in [7, 11) is 1.62. The number of amides is 4. The van der Waals surface area contributed by atoms with E-state index in [1.165, 1.54) is 38.0 Å². The van der Waals surface area contributed by atoms with Gasteiger partial charge in [0.1, 0.15) is 29.6 Å². The van der Waals surface area contributed by atoms with E-state index < -0.39 is 41.8 Å².